The lowest BCUT2D eigenvalue weighted by molar-refractivity contribution is 0.0684. The molecule has 0 saturated carbocycles. The molecule has 0 radical (unpaired) electrons. The summed E-state index contributed by atoms with van der Waals surface area (Å²) in [6.07, 6.45) is 6.76. The van der Waals surface area contributed by atoms with Crippen LogP contribution in [0.15, 0.2) is 0 Å². The van der Waals surface area contributed by atoms with Gasteiger partial charge in [-0.05, 0) is 64.2 Å². The number of likely N-dealkylation sites (tertiary alicyclic amines) is 2. The Labute approximate surface area is 113 Å². The highest BCUT2D eigenvalue weighted by Crippen LogP contribution is 2.27. The molecule has 2 rings (SSSR count). The first-order valence-electron chi connectivity index (χ1n) is 7.92. The minimum Gasteiger partial charge on any atom is -0.329 e. The van der Waals surface area contributed by atoms with E-state index in [4.69, 9.17) is 5.73 Å². The molecular formula is C15H31N3. The molecule has 3 atom stereocenters. The molecule has 2 saturated heterocycles. The lowest BCUT2D eigenvalue weighted by Gasteiger charge is -2.42. The zero-order valence-corrected chi connectivity index (χ0v) is 12.3. The van der Waals surface area contributed by atoms with Gasteiger partial charge in [0.2, 0.25) is 0 Å². The van der Waals surface area contributed by atoms with E-state index in [1.807, 2.05) is 0 Å². The van der Waals surface area contributed by atoms with Crippen LogP contribution in [0.1, 0.15) is 46.0 Å². The Morgan fingerprint density at radius 3 is 2.67 bits per heavy atom. The van der Waals surface area contributed by atoms with Gasteiger partial charge in [-0.25, -0.2) is 0 Å². The normalized spacial score (nSPS) is 36.5. The van der Waals surface area contributed by atoms with Gasteiger partial charge in [0.15, 0.2) is 0 Å². The predicted octanol–water partition coefficient (Wildman–Crippen LogP) is 1.92. The first-order chi connectivity index (χ1) is 8.74. The fourth-order valence-electron chi connectivity index (χ4n) is 3.77. The van der Waals surface area contributed by atoms with E-state index in [0.717, 1.165) is 18.5 Å². The van der Waals surface area contributed by atoms with Gasteiger partial charge in [-0.3, -0.25) is 4.90 Å². The van der Waals surface area contributed by atoms with Crippen molar-refractivity contribution in [2.24, 2.45) is 11.7 Å². The molecule has 3 nitrogen and oxygen atoms in total. The third kappa shape index (κ3) is 3.46. The van der Waals surface area contributed by atoms with Crippen LogP contribution in [0.3, 0.4) is 0 Å². The topological polar surface area (TPSA) is 32.5 Å². The standard InChI is InChI=1S/C15H31N3/c1-3-17-8-4-5-14(7-9-17)18-10-6-13(2)11-15(18)12-16/h13-15H,3-12,16H2,1-2H3. The SMILES string of the molecule is CCN1CCCC(N2CCC(C)CC2CN)CC1. The van der Waals surface area contributed by atoms with Crippen molar-refractivity contribution in [3.63, 3.8) is 0 Å². The number of hydrogen-bond donors (Lipinski definition) is 1. The summed E-state index contributed by atoms with van der Waals surface area (Å²) in [6.45, 7) is 10.6. The third-order valence-corrected chi connectivity index (χ3v) is 5.00. The minimum absolute atomic E-state index is 0.645. The number of nitrogens with two attached hydrogens (primary N) is 1. The second kappa shape index (κ2) is 6.88. The smallest absolute Gasteiger partial charge is 0.0223 e. The highest BCUT2D eigenvalue weighted by molar-refractivity contribution is 4.87. The van der Waals surface area contributed by atoms with Gasteiger partial charge in [-0.1, -0.05) is 13.8 Å². The maximum Gasteiger partial charge on any atom is 0.0223 e. The molecule has 3 unspecified atom stereocenters. The number of hydrogen-bond acceptors (Lipinski definition) is 3. The molecule has 18 heavy (non-hydrogen) atoms. The van der Waals surface area contributed by atoms with Gasteiger partial charge in [0, 0.05) is 18.6 Å². The molecule has 0 amide bonds. The lowest BCUT2D eigenvalue weighted by Crippen LogP contribution is -2.51. The molecule has 0 aromatic heterocycles. The van der Waals surface area contributed by atoms with Gasteiger partial charge in [0.05, 0.1) is 0 Å². The van der Waals surface area contributed by atoms with Crippen molar-refractivity contribution in [3.8, 4) is 0 Å². The minimum atomic E-state index is 0.645. The average molecular weight is 253 g/mol. The quantitative estimate of drug-likeness (QED) is 0.834. The van der Waals surface area contributed by atoms with E-state index >= 15 is 0 Å². The molecule has 2 aliphatic heterocycles. The van der Waals surface area contributed by atoms with Gasteiger partial charge in [-0.15, -0.1) is 0 Å². The van der Waals surface area contributed by atoms with Crippen molar-refractivity contribution < 1.29 is 0 Å². The molecule has 2 heterocycles. The Bertz CT molecular complexity index is 244. The van der Waals surface area contributed by atoms with Gasteiger partial charge in [0.1, 0.15) is 0 Å². The lowest BCUT2D eigenvalue weighted by atomic mass is 9.90. The Morgan fingerprint density at radius 2 is 1.94 bits per heavy atom. The van der Waals surface area contributed by atoms with Crippen molar-refractivity contribution in [3.05, 3.63) is 0 Å². The molecule has 0 aromatic rings. The predicted molar refractivity (Wildman–Crippen MR) is 77.7 cm³/mol. The molecule has 0 aliphatic carbocycles. The van der Waals surface area contributed by atoms with E-state index in [1.165, 1.54) is 58.3 Å². The van der Waals surface area contributed by atoms with E-state index in [9.17, 15) is 0 Å². The van der Waals surface area contributed by atoms with Crippen molar-refractivity contribution in [1.29, 1.82) is 0 Å². The summed E-state index contributed by atoms with van der Waals surface area (Å²) in [5.74, 6) is 0.868. The zero-order valence-electron chi connectivity index (χ0n) is 12.3. The van der Waals surface area contributed by atoms with E-state index in [2.05, 4.69) is 23.6 Å². The average Bonchev–Trinajstić information content (AvgIpc) is 2.63. The molecule has 0 bridgehead atoms. The van der Waals surface area contributed by atoms with Crippen molar-refractivity contribution in [1.82, 2.24) is 9.80 Å². The van der Waals surface area contributed by atoms with Gasteiger partial charge >= 0.3 is 0 Å². The van der Waals surface area contributed by atoms with Crippen LogP contribution in [0.25, 0.3) is 0 Å². The van der Waals surface area contributed by atoms with Crippen LogP contribution in [-0.2, 0) is 0 Å². The van der Waals surface area contributed by atoms with Crippen LogP contribution < -0.4 is 5.73 Å². The maximum atomic E-state index is 6.00. The second-order valence-electron chi connectivity index (χ2n) is 6.28. The number of rotatable bonds is 3. The summed E-state index contributed by atoms with van der Waals surface area (Å²) in [5, 5.41) is 0. The van der Waals surface area contributed by atoms with Crippen molar-refractivity contribution in [2.45, 2.75) is 58.0 Å². The van der Waals surface area contributed by atoms with E-state index < -0.39 is 0 Å². The Kier molecular flexibility index (Phi) is 5.46. The maximum absolute atomic E-state index is 6.00. The third-order valence-electron chi connectivity index (χ3n) is 5.00. The molecule has 0 spiro atoms. The van der Waals surface area contributed by atoms with Gasteiger partial charge in [-0.2, -0.15) is 0 Å². The first kappa shape index (κ1) is 14.3. The summed E-state index contributed by atoms with van der Waals surface area (Å²) in [4.78, 5) is 5.35. The largest absolute Gasteiger partial charge is 0.329 e. The van der Waals surface area contributed by atoms with Gasteiger partial charge < -0.3 is 10.6 Å². The fourth-order valence-corrected chi connectivity index (χ4v) is 3.77. The van der Waals surface area contributed by atoms with Gasteiger partial charge in [0.25, 0.3) is 0 Å². The second-order valence-corrected chi connectivity index (χ2v) is 6.28. The summed E-state index contributed by atoms with van der Waals surface area (Å²) in [6, 6.07) is 1.44. The molecule has 0 aromatic carbocycles. The van der Waals surface area contributed by atoms with E-state index in [1.54, 1.807) is 0 Å². The monoisotopic (exact) mass is 253 g/mol. The van der Waals surface area contributed by atoms with E-state index in [0.29, 0.717) is 6.04 Å². The van der Waals surface area contributed by atoms with E-state index in [-0.39, 0.29) is 0 Å². The first-order valence-corrected chi connectivity index (χ1v) is 7.92. The van der Waals surface area contributed by atoms with Crippen LogP contribution in [0.5, 0.6) is 0 Å². The van der Waals surface area contributed by atoms with Crippen molar-refractivity contribution in [2.75, 3.05) is 32.7 Å². The van der Waals surface area contributed by atoms with Crippen molar-refractivity contribution >= 4 is 0 Å². The fraction of sp³-hybridized carbons (Fsp3) is 1.00. The molecule has 3 heteroatoms. The Morgan fingerprint density at radius 1 is 1.11 bits per heavy atom. The van der Waals surface area contributed by atoms with Crippen LogP contribution in [0, 0.1) is 5.92 Å². The molecule has 2 fully saturated rings. The molecule has 2 aliphatic rings. The van der Waals surface area contributed by atoms with Crippen LogP contribution in [0.2, 0.25) is 0 Å². The molecular weight excluding hydrogens is 222 g/mol. The summed E-state index contributed by atoms with van der Waals surface area (Å²) in [7, 11) is 0. The highest BCUT2D eigenvalue weighted by Gasteiger charge is 2.31. The molecule has 106 valence electrons. The summed E-state index contributed by atoms with van der Waals surface area (Å²) < 4.78 is 0. The summed E-state index contributed by atoms with van der Waals surface area (Å²) in [5.41, 5.74) is 6.00. The highest BCUT2D eigenvalue weighted by atomic mass is 15.2. The summed E-state index contributed by atoms with van der Waals surface area (Å²) >= 11 is 0. The Balaban J connectivity index is 1.92. The zero-order chi connectivity index (χ0) is 13.0. The van der Waals surface area contributed by atoms with Crippen LogP contribution >= 0.6 is 0 Å². The molecule has 2 N–H and O–H groups in total. The van der Waals surface area contributed by atoms with Crippen LogP contribution in [0.4, 0.5) is 0 Å². The number of nitrogens with zero attached hydrogens (tertiary/aromatic N) is 2. The number of piperidine rings is 1. The van der Waals surface area contributed by atoms with Crippen LogP contribution in [-0.4, -0.2) is 54.6 Å². The Hall–Kier alpha value is -0.120.